The van der Waals surface area contributed by atoms with Crippen molar-refractivity contribution in [1.82, 2.24) is 14.5 Å². The topological polar surface area (TPSA) is 55.2 Å². The van der Waals surface area contributed by atoms with Gasteiger partial charge < -0.3 is 4.90 Å². The Bertz CT molecular complexity index is 1140. The maximum atomic E-state index is 13.4. The van der Waals surface area contributed by atoms with Crippen LogP contribution < -0.4 is 5.56 Å². The van der Waals surface area contributed by atoms with Crippen LogP contribution in [0.15, 0.2) is 52.4 Å². The molecule has 1 saturated carbocycles. The van der Waals surface area contributed by atoms with E-state index < -0.39 is 0 Å². The summed E-state index contributed by atoms with van der Waals surface area (Å²) in [5, 5.41) is 1.13. The maximum absolute atomic E-state index is 13.4. The minimum atomic E-state index is -0.105. The number of amides is 1. The zero-order valence-electron chi connectivity index (χ0n) is 18.4. The predicted octanol–water partition coefficient (Wildman–Crippen LogP) is 4.89. The number of thioether (sulfide) groups is 1. The number of hydrogen-bond donors (Lipinski definition) is 0. The minimum absolute atomic E-state index is 0.0891. The van der Waals surface area contributed by atoms with Crippen LogP contribution in [0.3, 0.4) is 0 Å². The van der Waals surface area contributed by atoms with Gasteiger partial charge in [0.25, 0.3) is 5.56 Å². The van der Waals surface area contributed by atoms with Crippen LogP contribution in [0.2, 0.25) is 0 Å². The fourth-order valence-electron chi connectivity index (χ4n) is 4.42. The number of fused-ring (bicyclic) bond motifs is 1. The number of aryl methyl sites for hydroxylation is 2. The summed E-state index contributed by atoms with van der Waals surface area (Å²) in [7, 11) is 1.91. The molecule has 3 aromatic rings. The third-order valence-corrected chi connectivity index (χ3v) is 6.97. The van der Waals surface area contributed by atoms with Gasteiger partial charge in [-0.25, -0.2) is 4.98 Å². The smallest absolute Gasteiger partial charge is 0.266 e. The van der Waals surface area contributed by atoms with Gasteiger partial charge in [-0.15, -0.1) is 0 Å². The molecule has 0 N–H and O–H groups in total. The molecule has 1 aliphatic carbocycles. The minimum Gasteiger partial charge on any atom is -0.342 e. The molecule has 4 rings (SSSR count). The van der Waals surface area contributed by atoms with E-state index in [2.05, 4.69) is 6.07 Å². The molecule has 0 saturated heterocycles. The number of aromatic nitrogens is 2. The molecular formula is C25H29N3O2S. The molecule has 1 amide bonds. The van der Waals surface area contributed by atoms with Crippen molar-refractivity contribution in [3.05, 3.63) is 63.9 Å². The monoisotopic (exact) mass is 435 g/mol. The van der Waals surface area contributed by atoms with Crippen molar-refractivity contribution in [2.24, 2.45) is 0 Å². The quantitative estimate of drug-likeness (QED) is 0.423. The van der Waals surface area contributed by atoms with E-state index in [1.54, 1.807) is 10.6 Å². The van der Waals surface area contributed by atoms with Gasteiger partial charge in [0, 0.05) is 13.1 Å². The highest BCUT2D eigenvalue weighted by Crippen LogP contribution is 2.25. The second kappa shape index (κ2) is 9.27. The lowest BCUT2D eigenvalue weighted by molar-refractivity contribution is -0.129. The van der Waals surface area contributed by atoms with Crippen LogP contribution in [0.4, 0.5) is 0 Å². The predicted molar refractivity (Wildman–Crippen MR) is 127 cm³/mol. The summed E-state index contributed by atoms with van der Waals surface area (Å²) in [6.07, 6.45) is 5.79. The molecule has 1 heterocycles. The van der Waals surface area contributed by atoms with E-state index in [4.69, 9.17) is 4.98 Å². The number of nitrogens with zero attached hydrogens (tertiary/aromatic N) is 3. The molecule has 1 aromatic heterocycles. The second-order valence-electron chi connectivity index (χ2n) is 8.48. The first-order chi connectivity index (χ1) is 14.9. The fraction of sp³-hybridized carbons (Fsp3) is 0.400. The number of rotatable bonds is 5. The average Bonchev–Trinajstić information content (AvgIpc) is 2.77. The number of hydrogen-bond acceptors (Lipinski definition) is 4. The van der Waals surface area contributed by atoms with E-state index in [0.29, 0.717) is 22.1 Å². The van der Waals surface area contributed by atoms with Crippen LogP contribution in [0.5, 0.6) is 0 Å². The van der Waals surface area contributed by atoms with Crippen molar-refractivity contribution in [2.75, 3.05) is 12.8 Å². The summed E-state index contributed by atoms with van der Waals surface area (Å²) in [6.45, 7) is 4.04. The molecule has 0 spiro atoms. The summed E-state index contributed by atoms with van der Waals surface area (Å²) >= 11 is 1.34. The standard InChI is InChI=1S/C25H29N3O2S/c1-17-13-18(2)15-20(14-17)28-24(30)21-11-7-8-12-22(21)26-25(28)31-16-23(29)27(3)19-9-5-4-6-10-19/h7-8,11-15,19H,4-6,9-10,16H2,1-3H3. The van der Waals surface area contributed by atoms with Gasteiger partial charge >= 0.3 is 0 Å². The lowest BCUT2D eigenvalue weighted by Gasteiger charge is -2.31. The Labute approximate surface area is 187 Å². The maximum Gasteiger partial charge on any atom is 0.266 e. The van der Waals surface area contributed by atoms with Crippen molar-refractivity contribution in [1.29, 1.82) is 0 Å². The Morgan fingerprint density at radius 1 is 1.10 bits per heavy atom. The Morgan fingerprint density at radius 2 is 1.77 bits per heavy atom. The lowest BCUT2D eigenvalue weighted by atomic mass is 9.94. The van der Waals surface area contributed by atoms with Gasteiger partial charge in [-0.3, -0.25) is 14.2 Å². The Hall–Kier alpha value is -2.60. The van der Waals surface area contributed by atoms with Crippen LogP contribution in [0.1, 0.15) is 43.2 Å². The highest BCUT2D eigenvalue weighted by molar-refractivity contribution is 7.99. The zero-order valence-corrected chi connectivity index (χ0v) is 19.2. The third kappa shape index (κ3) is 4.69. The summed E-state index contributed by atoms with van der Waals surface area (Å²) in [5.41, 5.74) is 3.50. The molecule has 5 nitrogen and oxygen atoms in total. The van der Waals surface area contributed by atoms with Crippen LogP contribution in [-0.2, 0) is 4.79 Å². The van der Waals surface area contributed by atoms with E-state index >= 15 is 0 Å². The van der Waals surface area contributed by atoms with Gasteiger partial charge in [-0.2, -0.15) is 0 Å². The van der Waals surface area contributed by atoms with Gasteiger partial charge in [-0.1, -0.05) is 49.2 Å². The van der Waals surface area contributed by atoms with Gasteiger partial charge in [-0.05, 0) is 62.1 Å². The first-order valence-electron chi connectivity index (χ1n) is 10.9. The molecule has 162 valence electrons. The molecule has 0 atom stereocenters. The van der Waals surface area contributed by atoms with Crippen molar-refractivity contribution in [2.45, 2.75) is 57.1 Å². The molecule has 0 unspecified atom stereocenters. The molecule has 31 heavy (non-hydrogen) atoms. The zero-order chi connectivity index (χ0) is 22.0. The summed E-state index contributed by atoms with van der Waals surface area (Å²) < 4.78 is 1.65. The van der Waals surface area contributed by atoms with E-state index in [9.17, 15) is 9.59 Å². The Kier molecular flexibility index (Phi) is 6.46. The summed E-state index contributed by atoms with van der Waals surface area (Å²) in [4.78, 5) is 33.0. The number of benzene rings is 2. The first kappa shape index (κ1) is 21.6. The lowest BCUT2D eigenvalue weighted by Crippen LogP contribution is -2.39. The largest absolute Gasteiger partial charge is 0.342 e. The van der Waals surface area contributed by atoms with Crippen LogP contribution in [0.25, 0.3) is 16.6 Å². The van der Waals surface area contributed by atoms with Gasteiger partial charge in [0.15, 0.2) is 5.16 Å². The molecule has 0 bridgehead atoms. The van der Waals surface area contributed by atoms with Crippen molar-refractivity contribution in [3.63, 3.8) is 0 Å². The SMILES string of the molecule is Cc1cc(C)cc(-n2c(SCC(=O)N(C)C3CCCCC3)nc3ccccc3c2=O)c1. The molecule has 6 heteroatoms. The second-order valence-corrected chi connectivity index (χ2v) is 9.43. The van der Waals surface area contributed by atoms with Gasteiger partial charge in [0.1, 0.15) is 0 Å². The van der Waals surface area contributed by atoms with E-state index in [1.807, 2.05) is 56.1 Å². The van der Waals surface area contributed by atoms with Crippen molar-refractivity contribution < 1.29 is 4.79 Å². The van der Waals surface area contributed by atoms with Crippen LogP contribution in [-0.4, -0.2) is 39.2 Å². The first-order valence-corrected chi connectivity index (χ1v) is 11.9. The number of carbonyl (C=O) groups is 1. The molecular weight excluding hydrogens is 406 g/mol. The molecule has 2 aromatic carbocycles. The van der Waals surface area contributed by atoms with E-state index in [0.717, 1.165) is 29.7 Å². The summed E-state index contributed by atoms with van der Waals surface area (Å²) in [6, 6.07) is 13.8. The molecule has 1 fully saturated rings. The van der Waals surface area contributed by atoms with Crippen molar-refractivity contribution >= 4 is 28.6 Å². The number of carbonyl (C=O) groups excluding carboxylic acids is 1. The van der Waals surface area contributed by atoms with Crippen molar-refractivity contribution in [3.8, 4) is 5.69 Å². The number of para-hydroxylation sites is 1. The molecule has 1 aliphatic rings. The average molecular weight is 436 g/mol. The molecule has 0 radical (unpaired) electrons. The van der Waals surface area contributed by atoms with Crippen LogP contribution >= 0.6 is 11.8 Å². The van der Waals surface area contributed by atoms with Crippen LogP contribution in [0, 0.1) is 13.8 Å². The Morgan fingerprint density at radius 3 is 2.48 bits per heavy atom. The van der Waals surface area contributed by atoms with Gasteiger partial charge in [0.05, 0.1) is 22.3 Å². The normalized spacial score (nSPS) is 14.7. The highest BCUT2D eigenvalue weighted by Gasteiger charge is 2.23. The highest BCUT2D eigenvalue weighted by atomic mass is 32.2. The summed E-state index contributed by atoms with van der Waals surface area (Å²) in [5.74, 6) is 0.356. The Balaban J connectivity index is 1.69. The molecule has 0 aliphatic heterocycles. The van der Waals surface area contributed by atoms with E-state index in [1.165, 1.54) is 31.0 Å². The van der Waals surface area contributed by atoms with E-state index in [-0.39, 0.29) is 17.2 Å². The van der Waals surface area contributed by atoms with Gasteiger partial charge in [0.2, 0.25) is 5.91 Å². The third-order valence-electron chi connectivity index (χ3n) is 6.05. The fourth-order valence-corrected chi connectivity index (χ4v) is 5.35.